The molecule has 0 radical (unpaired) electrons. The van der Waals surface area contributed by atoms with Crippen molar-refractivity contribution >= 4 is 11.7 Å². The Balaban J connectivity index is 2.05. The van der Waals surface area contributed by atoms with E-state index >= 15 is 0 Å². The average molecular weight is 312 g/mol. The molecule has 2 aromatic rings. The second-order valence-corrected chi connectivity index (χ2v) is 5.60. The number of hydrogen-bond acceptors (Lipinski definition) is 4. The fraction of sp³-hybridized carbons (Fsp3) is 0.333. The molecular formula is C18H20N2O3. The number of carbonyl (C=O) groups is 1. The number of nitrogens with zero attached hydrogens (tertiary/aromatic N) is 2. The van der Waals surface area contributed by atoms with Gasteiger partial charge in [-0.1, -0.05) is 35.5 Å². The molecule has 1 aliphatic rings. The molecule has 0 saturated heterocycles. The van der Waals surface area contributed by atoms with Gasteiger partial charge in [0.2, 0.25) is 0 Å². The van der Waals surface area contributed by atoms with E-state index in [-0.39, 0.29) is 5.97 Å². The van der Waals surface area contributed by atoms with E-state index < -0.39 is 0 Å². The zero-order valence-electron chi connectivity index (χ0n) is 13.2. The second kappa shape index (κ2) is 6.69. The van der Waals surface area contributed by atoms with Gasteiger partial charge < -0.3 is 14.5 Å². The van der Waals surface area contributed by atoms with E-state index in [2.05, 4.69) is 21.9 Å². The first kappa shape index (κ1) is 15.3. The first-order valence-corrected chi connectivity index (χ1v) is 7.89. The molecule has 0 fully saturated rings. The van der Waals surface area contributed by atoms with E-state index in [0.29, 0.717) is 30.8 Å². The van der Waals surface area contributed by atoms with Crippen LogP contribution in [0.15, 0.2) is 41.7 Å². The Kier molecular flexibility index (Phi) is 4.46. The lowest BCUT2D eigenvalue weighted by Crippen LogP contribution is -2.17. The molecule has 5 nitrogen and oxygen atoms in total. The van der Waals surface area contributed by atoms with Crippen molar-refractivity contribution in [2.24, 2.45) is 5.16 Å². The van der Waals surface area contributed by atoms with Gasteiger partial charge in [0.05, 0.1) is 17.9 Å². The molecule has 0 unspecified atom stereocenters. The fourth-order valence-corrected chi connectivity index (χ4v) is 3.12. The summed E-state index contributed by atoms with van der Waals surface area (Å²) in [4.78, 5) is 12.3. The van der Waals surface area contributed by atoms with Gasteiger partial charge in [-0.3, -0.25) is 0 Å². The third-order valence-corrected chi connectivity index (χ3v) is 4.12. The number of hydrogen-bond donors (Lipinski definition) is 1. The van der Waals surface area contributed by atoms with Crippen LogP contribution in [0.3, 0.4) is 0 Å². The van der Waals surface area contributed by atoms with E-state index in [1.807, 2.05) is 24.4 Å². The van der Waals surface area contributed by atoms with Crippen molar-refractivity contribution in [1.82, 2.24) is 4.57 Å². The maximum absolute atomic E-state index is 12.3. The van der Waals surface area contributed by atoms with E-state index in [4.69, 9.17) is 4.74 Å². The lowest BCUT2D eigenvalue weighted by Gasteiger charge is -2.17. The van der Waals surface area contributed by atoms with Crippen LogP contribution in [0.25, 0.3) is 0 Å². The Morgan fingerprint density at radius 3 is 2.78 bits per heavy atom. The topological polar surface area (TPSA) is 63.8 Å². The molecule has 5 heteroatoms. The van der Waals surface area contributed by atoms with Crippen molar-refractivity contribution in [2.75, 3.05) is 6.61 Å². The molecule has 1 aromatic heterocycles. The van der Waals surface area contributed by atoms with Crippen LogP contribution in [0.4, 0.5) is 0 Å². The van der Waals surface area contributed by atoms with Gasteiger partial charge in [0.25, 0.3) is 0 Å². The minimum atomic E-state index is -0.362. The predicted octanol–water partition coefficient (Wildman–Crippen LogP) is 3.23. The van der Waals surface area contributed by atoms with E-state index in [1.54, 1.807) is 6.92 Å². The van der Waals surface area contributed by atoms with Gasteiger partial charge >= 0.3 is 5.97 Å². The van der Waals surface area contributed by atoms with Crippen LogP contribution in [-0.4, -0.2) is 28.1 Å². The van der Waals surface area contributed by atoms with Crippen LogP contribution in [0.5, 0.6) is 0 Å². The standard InChI is InChI=1S/C18H20N2O3/c1-2-23-18(21)14-12-20(11-13-7-4-3-5-8-13)16-10-6-9-15(19-22)17(14)16/h3-5,7-8,12,22H,2,6,9-11H2,1H3. The summed E-state index contributed by atoms with van der Waals surface area (Å²) in [7, 11) is 0. The van der Waals surface area contributed by atoms with Crippen LogP contribution in [-0.2, 0) is 17.7 Å². The molecule has 23 heavy (non-hydrogen) atoms. The summed E-state index contributed by atoms with van der Waals surface area (Å²) in [5.74, 6) is -0.362. The fourth-order valence-electron chi connectivity index (χ4n) is 3.12. The van der Waals surface area contributed by atoms with Crippen molar-refractivity contribution in [3.8, 4) is 0 Å². The zero-order valence-corrected chi connectivity index (χ0v) is 13.2. The minimum Gasteiger partial charge on any atom is -0.462 e. The first-order valence-electron chi connectivity index (χ1n) is 7.89. The molecule has 3 rings (SSSR count). The predicted molar refractivity (Wildman–Crippen MR) is 87.2 cm³/mol. The van der Waals surface area contributed by atoms with Gasteiger partial charge in [-0.2, -0.15) is 0 Å². The van der Waals surface area contributed by atoms with E-state index in [0.717, 1.165) is 29.7 Å². The number of esters is 1. The van der Waals surface area contributed by atoms with Gasteiger partial charge in [-0.05, 0) is 31.7 Å². The van der Waals surface area contributed by atoms with Gasteiger partial charge in [0.15, 0.2) is 0 Å². The first-order chi connectivity index (χ1) is 11.2. The van der Waals surface area contributed by atoms with E-state index in [1.165, 1.54) is 0 Å². The Hall–Kier alpha value is -2.56. The van der Waals surface area contributed by atoms with Gasteiger partial charge in [0.1, 0.15) is 0 Å². The average Bonchev–Trinajstić information content (AvgIpc) is 2.95. The summed E-state index contributed by atoms with van der Waals surface area (Å²) in [5.41, 5.74) is 4.00. The number of rotatable bonds is 4. The molecule has 1 aliphatic carbocycles. The molecule has 1 heterocycles. The molecule has 0 amide bonds. The minimum absolute atomic E-state index is 0.322. The maximum atomic E-state index is 12.3. The zero-order chi connectivity index (χ0) is 16.2. The number of carbonyl (C=O) groups excluding carboxylic acids is 1. The highest BCUT2D eigenvalue weighted by Crippen LogP contribution is 2.28. The molecule has 1 aromatic carbocycles. The molecule has 0 aliphatic heterocycles. The van der Waals surface area contributed by atoms with Crippen LogP contribution < -0.4 is 0 Å². The summed E-state index contributed by atoms with van der Waals surface area (Å²) in [6.45, 7) is 2.79. The number of aromatic nitrogens is 1. The lowest BCUT2D eigenvalue weighted by molar-refractivity contribution is 0.0526. The summed E-state index contributed by atoms with van der Waals surface area (Å²) in [5, 5.41) is 12.7. The Labute approximate surface area is 135 Å². The lowest BCUT2D eigenvalue weighted by atomic mass is 9.93. The number of fused-ring (bicyclic) bond motifs is 1. The van der Waals surface area contributed by atoms with Crippen LogP contribution in [0.2, 0.25) is 0 Å². The third kappa shape index (κ3) is 2.99. The highest BCUT2D eigenvalue weighted by Gasteiger charge is 2.28. The Morgan fingerprint density at radius 1 is 1.30 bits per heavy atom. The third-order valence-electron chi connectivity index (χ3n) is 4.12. The van der Waals surface area contributed by atoms with Crippen molar-refractivity contribution in [2.45, 2.75) is 32.7 Å². The molecule has 0 saturated carbocycles. The largest absolute Gasteiger partial charge is 0.462 e. The van der Waals surface area contributed by atoms with Crippen LogP contribution in [0, 0.1) is 0 Å². The van der Waals surface area contributed by atoms with Crippen molar-refractivity contribution in [3.63, 3.8) is 0 Å². The van der Waals surface area contributed by atoms with Crippen LogP contribution >= 0.6 is 0 Å². The SMILES string of the molecule is CCOC(=O)c1cn(Cc2ccccc2)c2c1C(=NO)CCC2. The smallest absolute Gasteiger partial charge is 0.340 e. The summed E-state index contributed by atoms with van der Waals surface area (Å²) in [6, 6.07) is 10.1. The van der Waals surface area contributed by atoms with E-state index in [9.17, 15) is 10.0 Å². The number of oxime groups is 1. The molecule has 0 spiro atoms. The summed E-state index contributed by atoms with van der Waals surface area (Å²) < 4.78 is 7.23. The monoisotopic (exact) mass is 312 g/mol. The summed E-state index contributed by atoms with van der Waals surface area (Å²) in [6.07, 6.45) is 4.27. The second-order valence-electron chi connectivity index (χ2n) is 5.60. The molecular weight excluding hydrogens is 292 g/mol. The normalized spacial score (nSPS) is 15.4. The van der Waals surface area contributed by atoms with Crippen LogP contribution in [0.1, 0.15) is 46.9 Å². The quantitative estimate of drug-likeness (QED) is 0.535. The molecule has 120 valence electrons. The van der Waals surface area contributed by atoms with Gasteiger partial charge in [-0.15, -0.1) is 0 Å². The number of benzene rings is 1. The van der Waals surface area contributed by atoms with Gasteiger partial charge in [-0.25, -0.2) is 4.79 Å². The summed E-state index contributed by atoms with van der Waals surface area (Å²) >= 11 is 0. The van der Waals surface area contributed by atoms with Gasteiger partial charge in [0, 0.05) is 24.0 Å². The van der Waals surface area contributed by atoms with Crippen molar-refractivity contribution < 1.29 is 14.7 Å². The van der Waals surface area contributed by atoms with Crippen molar-refractivity contribution in [1.29, 1.82) is 0 Å². The Bertz CT molecular complexity index is 732. The molecule has 0 atom stereocenters. The Morgan fingerprint density at radius 2 is 2.09 bits per heavy atom. The molecule has 1 N–H and O–H groups in total. The number of ether oxygens (including phenoxy) is 1. The highest BCUT2D eigenvalue weighted by molar-refractivity contribution is 6.10. The highest BCUT2D eigenvalue weighted by atomic mass is 16.5. The maximum Gasteiger partial charge on any atom is 0.340 e. The molecule has 0 bridgehead atoms. The van der Waals surface area contributed by atoms with Crippen molar-refractivity contribution in [3.05, 3.63) is 58.9 Å².